The highest BCUT2D eigenvalue weighted by Crippen LogP contribution is 2.38. The maximum absolute atomic E-state index is 12.4. The number of carbonyl (C=O) groups is 1. The van der Waals surface area contributed by atoms with Crippen molar-refractivity contribution in [3.63, 3.8) is 0 Å². The molecule has 1 N–H and O–H groups in total. The van der Waals surface area contributed by atoms with Crippen molar-refractivity contribution in [2.24, 2.45) is 7.05 Å². The zero-order valence-corrected chi connectivity index (χ0v) is 13.8. The Morgan fingerprint density at radius 3 is 2.96 bits per heavy atom. The Labute approximate surface area is 139 Å². The molecule has 24 heavy (non-hydrogen) atoms. The summed E-state index contributed by atoms with van der Waals surface area (Å²) in [6.45, 7) is 4.36. The number of ether oxygens (including phenoxy) is 2. The minimum Gasteiger partial charge on any atom is -0.492 e. The number of fused-ring (bicyclic) bond motifs is 1. The average molecular weight is 329 g/mol. The first-order valence-electron chi connectivity index (χ1n) is 7.80. The molecule has 1 unspecified atom stereocenters. The number of benzene rings is 1. The third kappa shape index (κ3) is 3.10. The molecule has 1 amide bonds. The van der Waals surface area contributed by atoms with Crippen LogP contribution in [0.25, 0.3) is 0 Å². The monoisotopic (exact) mass is 329 g/mol. The maximum Gasteiger partial charge on any atom is 0.276 e. The van der Waals surface area contributed by atoms with Gasteiger partial charge in [-0.25, -0.2) is 4.68 Å². The van der Waals surface area contributed by atoms with Gasteiger partial charge < -0.3 is 14.8 Å². The molecule has 0 spiro atoms. The molecular formula is C17H19N3O4. The number of carbonyl (C=O) groups excluding carboxylic acids is 1. The summed E-state index contributed by atoms with van der Waals surface area (Å²) in [6.07, 6.45) is 0.914. The molecule has 2 heterocycles. The molecule has 1 aromatic carbocycles. The largest absolute Gasteiger partial charge is 0.492 e. The summed E-state index contributed by atoms with van der Waals surface area (Å²) in [4.78, 5) is 23.8. The molecule has 1 aliphatic rings. The number of anilines is 1. The van der Waals surface area contributed by atoms with Gasteiger partial charge in [0.25, 0.3) is 11.5 Å². The van der Waals surface area contributed by atoms with Crippen LogP contribution >= 0.6 is 0 Å². The number of amides is 1. The van der Waals surface area contributed by atoms with Crippen molar-refractivity contribution in [3.8, 4) is 11.5 Å². The highest BCUT2D eigenvalue weighted by molar-refractivity contribution is 6.03. The summed E-state index contributed by atoms with van der Waals surface area (Å²) < 4.78 is 12.5. The summed E-state index contributed by atoms with van der Waals surface area (Å²) in [6, 6.07) is 6.36. The van der Waals surface area contributed by atoms with E-state index in [9.17, 15) is 9.59 Å². The van der Waals surface area contributed by atoms with Crippen molar-refractivity contribution in [2.45, 2.75) is 26.4 Å². The fourth-order valence-corrected chi connectivity index (χ4v) is 2.62. The van der Waals surface area contributed by atoms with Crippen molar-refractivity contribution < 1.29 is 14.3 Å². The van der Waals surface area contributed by atoms with Crippen LogP contribution in [0.15, 0.2) is 29.1 Å². The predicted octanol–water partition coefficient (Wildman–Crippen LogP) is 1.75. The lowest BCUT2D eigenvalue weighted by molar-refractivity contribution is 0.101. The Bertz CT molecular complexity index is 844. The number of nitrogens with zero attached hydrogens (tertiary/aromatic N) is 2. The average Bonchev–Trinajstić information content (AvgIpc) is 2.89. The molecule has 7 nitrogen and oxygen atoms in total. The van der Waals surface area contributed by atoms with Crippen molar-refractivity contribution >= 4 is 11.6 Å². The number of rotatable bonds is 4. The van der Waals surface area contributed by atoms with Crippen molar-refractivity contribution in [3.05, 3.63) is 45.9 Å². The Hall–Kier alpha value is -2.83. The first-order chi connectivity index (χ1) is 11.5. The molecule has 0 saturated heterocycles. The Balaban J connectivity index is 1.91. The zero-order valence-electron chi connectivity index (χ0n) is 13.8. The number of hydrogen-bond acceptors (Lipinski definition) is 5. The van der Waals surface area contributed by atoms with Crippen molar-refractivity contribution in [1.29, 1.82) is 0 Å². The lowest BCUT2D eigenvalue weighted by atomic mass is 10.1. The van der Waals surface area contributed by atoms with E-state index >= 15 is 0 Å². The number of aryl methyl sites for hydroxylation is 1. The molecule has 0 fully saturated rings. The van der Waals surface area contributed by atoms with Gasteiger partial charge in [-0.05, 0) is 26.0 Å². The maximum atomic E-state index is 12.4. The van der Waals surface area contributed by atoms with Gasteiger partial charge in [0.05, 0.1) is 12.3 Å². The molecule has 1 aliphatic heterocycles. The van der Waals surface area contributed by atoms with E-state index in [0.29, 0.717) is 18.0 Å². The van der Waals surface area contributed by atoms with Crippen LogP contribution in [0.4, 0.5) is 5.69 Å². The lowest BCUT2D eigenvalue weighted by Gasteiger charge is -2.13. The van der Waals surface area contributed by atoms with E-state index in [1.54, 1.807) is 6.07 Å². The van der Waals surface area contributed by atoms with E-state index in [1.165, 1.54) is 19.2 Å². The zero-order chi connectivity index (χ0) is 17.3. The van der Waals surface area contributed by atoms with Gasteiger partial charge in [0.15, 0.2) is 0 Å². The Morgan fingerprint density at radius 1 is 1.46 bits per heavy atom. The third-order valence-electron chi connectivity index (χ3n) is 3.74. The standard InChI is InChI=1S/C17H19N3O4/c1-4-23-15-8-11-7-10(2)24-14(11)9-13(15)18-17(22)12-5-6-16(21)20(3)19-12/h5-6,8-10H,4,7H2,1-3H3,(H,18,22). The van der Waals surface area contributed by atoms with Gasteiger partial charge in [-0.15, -0.1) is 0 Å². The van der Waals surface area contributed by atoms with Crippen LogP contribution in [0.3, 0.4) is 0 Å². The quantitative estimate of drug-likeness (QED) is 0.924. The molecule has 3 rings (SSSR count). The third-order valence-corrected chi connectivity index (χ3v) is 3.74. The van der Waals surface area contributed by atoms with Crippen molar-refractivity contribution in [2.75, 3.05) is 11.9 Å². The van der Waals surface area contributed by atoms with Crippen LogP contribution in [0.2, 0.25) is 0 Å². The highest BCUT2D eigenvalue weighted by Gasteiger charge is 2.23. The van der Waals surface area contributed by atoms with Gasteiger partial charge in [-0.1, -0.05) is 0 Å². The molecule has 2 aromatic rings. The first kappa shape index (κ1) is 16.0. The summed E-state index contributed by atoms with van der Waals surface area (Å²) in [5.74, 6) is 0.916. The van der Waals surface area contributed by atoms with Gasteiger partial charge in [-0.3, -0.25) is 9.59 Å². The van der Waals surface area contributed by atoms with Crippen LogP contribution in [-0.4, -0.2) is 28.4 Å². The number of aromatic nitrogens is 2. The van der Waals surface area contributed by atoms with Crippen molar-refractivity contribution in [1.82, 2.24) is 9.78 Å². The molecule has 0 bridgehead atoms. The fourth-order valence-electron chi connectivity index (χ4n) is 2.62. The highest BCUT2D eigenvalue weighted by atomic mass is 16.5. The Kier molecular flexibility index (Phi) is 4.24. The van der Waals surface area contributed by atoms with Crippen LogP contribution < -0.4 is 20.3 Å². The van der Waals surface area contributed by atoms with Crippen LogP contribution in [0, 0.1) is 0 Å². The predicted molar refractivity (Wildman–Crippen MR) is 88.8 cm³/mol. The summed E-state index contributed by atoms with van der Waals surface area (Å²) in [5.41, 5.74) is 1.45. The molecule has 1 atom stereocenters. The molecule has 0 aliphatic carbocycles. The van der Waals surface area contributed by atoms with E-state index in [4.69, 9.17) is 9.47 Å². The minimum absolute atomic E-state index is 0.103. The van der Waals surface area contributed by atoms with Crippen LogP contribution in [-0.2, 0) is 13.5 Å². The van der Waals surface area contributed by atoms with Gasteiger partial charge in [0.2, 0.25) is 0 Å². The Morgan fingerprint density at radius 2 is 2.25 bits per heavy atom. The molecule has 0 radical (unpaired) electrons. The molecule has 1 aromatic heterocycles. The first-order valence-corrected chi connectivity index (χ1v) is 7.80. The van der Waals surface area contributed by atoms with Gasteiger partial charge in [0, 0.05) is 31.2 Å². The number of hydrogen-bond donors (Lipinski definition) is 1. The van der Waals surface area contributed by atoms with E-state index < -0.39 is 5.91 Å². The SMILES string of the molecule is CCOc1cc2c(cc1NC(=O)c1ccc(=O)n(C)n1)OC(C)C2. The summed E-state index contributed by atoms with van der Waals surface area (Å²) in [5, 5.41) is 6.73. The second kappa shape index (κ2) is 6.35. The van der Waals surface area contributed by atoms with Gasteiger partial charge >= 0.3 is 0 Å². The van der Waals surface area contributed by atoms with Crippen LogP contribution in [0.5, 0.6) is 11.5 Å². The van der Waals surface area contributed by atoms with E-state index in [2.05, 4.69) is 10.4 Å². The minimum atomic E-state index is -0.419. The van der Waals surface area contributed by atoms with Gasteiger partial charge in [-0.2, -0.15) is 5.10 Å². The second-order valence-electron chi connectivity index (χ2n) is 5.66. The smallest absolute Gasteiger partial charge is 0.276 e. The number of nitrogens with one attached hydrogen (secondary N) is 1. The summed E-state index contributed by atoms with van der Waals surface area (Å²) >= 11 is 0. The molecule has 7 heteroatoms. The van der Waals surface area contributed by atoms with E-state index in [1.807, 2.05) is 19.9 Å². The topological polar surface area (TPSA) is 82.5 Å². The molecular weight excluding hydrogens is 310 g/mol. The normalized spacial score (nSPS) is 15.5. The van der Waals surface area contributed by atoms with Gasteiger partial charge in [0.1, 0.15) is 23.3 Å². The fraction of sp³-hybridized carbons (Fsp3) is 0.353. The molecule has 0 saturated carbocycles. The second-order valence-corrected chi connectivity index (χ2v) is 5.66. The lowest BCUT2D eigenvalue weighted by Crippen LogP contribution is -2.23. The van der Waals surface area contributed by atoms with Crippen LogP contribution in [0.1, 0.15) is 29.9 Å². The van der Waals surface area contributed by atoms with E-state index in [0.717, 1.165) is 22.4 Å². The summed E-state index contributed by atoms with van der Waals surface area (Å²) in [7, 11) is 1.50. The molecule has 126 valence electrons. The van der Waals surface area contributed by atoms with E-state index in [-0.39, 0.29) is 17.4 Å².